The summed E-state index contributed by atoms with van der Waals surface area (Å²) < 4.78 is 1.72. The van der Waals surface area contributed by atoms with E-state index in [2.05, 4.69) is 10.2 Å². The van der Waals surface area contributed by atoms with Crippen molar-refractivity contribution in [1.29, 1.82) is 0 Å². The van der Waals surface area contributed by atoms with Gasteiger partial charge in [0.2, 0.25) is 0 Å². The fraction of sp³-hybridized carbons (Fsp3) is 0.500. The first-order valence-corrected chi connectivity index (χ1v) is 5.92. The molecule has 0 spiro atoms. The number of pyridine rings is 1. The molecule has 1 saturated carbocycles. The van der Waals surface area contributed by atoms with Gasteiger partial charge in [-0.2, -0.15) is 5.10 Å². The van der Waals surface area contributed by atoms with E-state index in [9.17, 15) is 4.79 Å². The van der Waals surface area contributed by atoms with Crippen molar-refractivity contribution in [2.24, 2.45) is 0 Å². The molecule has 84 valence electrons. The normalized spacial score (nSPS) is 18.0. The lowest BCUT2D eigenvalue weighted by Crippen LogP contribution is -2.17. The van der Waals surface area contributed by atoms with Crippen LogP contribution < -0.4 is 5.56 Å². The molecule has 0 amide bonds. The summed E-state index contributed by atoms with van der Waals surface area (Å²) in [6, 6.07) is 5.25. The van der Waals surface area contributed by atoms with Gasteiger partial charge in [-0.1, -0.05) is 25.3 Å². The minimum absolute atomic E-state index is 0.0202. The summed E-state index contributed by atoms with van der Waals surface area (Å²) in [6.45, 7) is 0. The lowest BCUT2D eigenvalue weighted by molar-refractivity contribution is 0.425. The average Bonchev–Trinajstić information content (AvgIpc) is 2.75. The summed E-state index contributed by atoms with van der Waals surface area (Å²) in [6.07, 6.45) is 6.12. The van der Waals surface area contributed by atoms with Crippen molar-refractivity contribution in [3.05, 3.63) is 34.4 Å². The zero-order valence-corrected chi connectivity index (χ0v) is 9.15. The molecule has 2 heterocycles. The summed E-state index contributed by atoms with van der Waals surface area (Å²) >= 11 is 0. The fourth-order valence-electron chi connectivity index (χ4n) is 2.61. The number of hydrogen-bond donors (Lipinski definition) is 1. The van der Waals surface area contributed by atoms with E-state index in [0.717, 1.165) is 24.3 Å². The van der Waals surface area contributed by atoms with Crippen LogP contribution in [0.5, 0.6) is 0 Å². The molecular formula is C12H15N3O. The molecule has 3 rings (SSSR count). The monoisotopic (exact) mass is 217 g/mol. The Hall–Kier alpha value is -1.58. The van der Waals surface area contributed by atoms with Gasteiger partial charge in [0.25, 0.3) is 5.56 Å². The first-order valence-electron chi connectivity index (χ1n) is 5.92. The first-order chi connectivity index (χ1) is 7.86. The first kappa shape index (κ1) is 9.63. The second-order valence-corrected chi connectivity index (χ2v) is 4.50. The van der Waals surface area contributed by atoms with Crippen molar-refractivity contribution in [1.82, 2.24) is 14.6 Å². The highest BCUT2D eigenvalue weighted by Gasteiger charge is 2.20. The molecule has 0 aliphatic heterocycles. The number of nitrogens with zero attached hydrogens (tertiary/aromatic N) is 2. The Morgan fingerprint density at radius 3 is 2.88 bits per heavy atom. The highest BCUT2D eigenvalue weighted by molar-refractivity contribution is 5.37. The van der Waals surface area contributed by atoms with Crippen LogP contribution in [0.1, 0.15) is 43.8 Å². The molecule has 0 bridgehead atoms. The molecule has 1 N–H and O–H groups in total. The van der Waals surface area contributed by atoms with Crippen molar-refractivity contribution in [3.63, 3.8) is 0 Å². The Labute approximate surface area is 93.3 Å². The molecule has 0 saturated heterocycles. The maximum absolute atomic E-state index is 11.8. The zero-order chi connectivity index (χ0) is 11.0. The van der Waals surface area contributed by atoms with Crippen LogP contribution in [-0.2, 0) is 0 Å². The second kappa shape index (κ2) is 3.77. The third-order valence-electron chi connectivity index (χ3n) is 3.44. The van der Waals surface area contributed by atoms with Crippen molar-refractivity contribution >= 4 is 5.65 Å². The number of rotatable bonds is 1. The summed E-state index contributed by atoms with van der Waals surface area (Å²) in [5, 5.41) is 7.26. The maximum Gasteiger partial charge on any atom is 0.257 e. The Kier molecular flexibility index (Phi) is 2.27. The molecule has 4 heteroatoms. The van der Waals surface area contributed by atoms with Gasteiger partial charge in [-0.15, -0.1) is 0 Å². The largest absolute Gasteiger partial charge is 0.269 e. The molecular weight excluding hydrogens is 202 g/mol. The molecule has 0 atom stereocenters. The van der Waals surface area contributed by atoms with Crippen molar-refractivity contribution in [2.45, 2.75) is 38.0 Å². The van der Waals surface area contributed by atoms with E-state index in [4.69, 9.17) is 0 Å². The van der Waals surface area contributed by atoms with Gasteiger partial charge in [-0.25, -0.2) is 4.40 Å². The molecule has 1 aliphatic carbocycles. The average molecular weight is 217 g/mol. The summed E-state index contributed by atoms with van der Waals surface area (Å²) in [5.74, 6) is 1.36. The second-order valence-electron chi connectivity index (χ2n) is 4.50. The molecule has 4 nitrogen and oxygen atoms in total. The van der Waals surface area contributed by atoms with Gasteiger partial charge in [0.15, 0.2) is 0 Å². The number of H-pyrrole nitrogens is 1. The van der Waals surface area contributed by atoms with Crippen molar-refractivity contribution in [3.8, 4) is 0 Å². The minimum Gasteiger partial charge on any atom is -0.269 e. The van der Waals surface area contributed by atoms with Gasteiger partial charge < -0.3 is 0 Å². The van der Waals surface area contributed by atoms with Crippen LogP contribution in [0.25, 0.3) is 5.65 Å². The fourth-order valence-corrected chi connectivity index (χ4v) is 2.61. The minimum atomic E-state index is 0.0202. The van der Waals surface area contributed by atoms with Crippen LogP contribution in [0.3, 0.4) is 0 Å². The number of hydrogen-bond acceptors (Lipinski definition) is 2. The predicted molar refractivity (Wildman–Crippen MR) is 61.6 cm³/mol. The zero-order valence-electron chi connectivity index (χ0n) is 9.15. The molecule has 2 aromatic rings. The molecule has 2 aromatic heterocycles. The number of aromatic nitrogens is 3. The van der Waals surface area contributed by atoms with Gasteiger partial charge in [-0.3, -0.25) is 9.89 Å². The summed E-state index contributed by atoms with van der Waals surface area (Å²) in [7, 11) is 0. The Balaban J connectivity index is 2.12. The van der Waals surface area contributed by atoms with Crippen molar-refractivity contribution < 1.29 is 0 Å². The highest BCUT2D eigenvalue weighted by Crippen LogP contribution is 2.31. The third kappa shape index (κ3) is 1.45. The maximum atomic E-state index is 11.8. The SMILES string of the molecule is O=c1cccc2[nH]nc(C3CCCCC3)n12. The smallest absolute Gasteiger partial charge is 0.257 e. The van der Waals surface area contributed by atoms with Gasteiger partial charge in [-0.05, 0) is 18.9 Å². The van der Waals surface area contributed by atoms with E-state index >= 15 is 0 Å². The van der Waals surface area contributed by atoms with Gasteiger partial charge in [0, 0.05) is 12.0 Å². The Bertz CT molecular complexity index is 549. The molecule has 1 fully saturated rings. The topological polar surface area (TPSA) is 50.2 Å². The molecule has 1 aliphatic rings. The van der Waals surface area contributed by atoms with Crippen LogP contribution in [-0.4, -0.2) is 14.6 Å². The molecule has 16 heavy (non-hydrogen) atoms. The van der Waals surface area contributed by atoms with Gasteiger partial charge in [0.05, 0.1) is 0 Å². The van der Waals surface area contributed by atoms with Crippen LogP contribution in [0, 0.1) is 0 Å². The van der Waals surface area contributed by atoms with Gasteiger partial charge in [0.1, 0.15) is 11.5 Å². The van der Waals surface area contributed by atoms with E-state index in [-0.39, 0.29) is 5.56 Å². The Morgan fingerprint density at radius 2 is 2.06 bits per heavy atom. The predicted octanol–water partition coefficient (Wildman–Crippen LogP) is 2.07. The van der Waals surface area contributed by atoms with Crippen LogP contribution >= 0.6 is 0 Å². The standard InChI is InChI=1S/C12H15N3O/c16-11-8-4-7-10-13-14-12(15(10)11)9-5-2-1-3-6-9/h4,7-9,13H,1-3,5-6H2. The number of nitrogens with one attached hydrogen (secondary N) is 1. The van der Waals surface area contributed by atoms with Crippen LogP contribution in [0.15, 0.2) is 23.0 Å². The summed E-state index contributed by atoms with van der Waals surface area (Å²) in [4.78, 5) is 11.8. The number of aromatic amines is 1. The van der Waals surface area contributed by atoms with E-state index in [1.165, 1.54) is 19.3 Å². The van der Waals surface area contributed by atoms with E-state index < -0.39 is 0 Å². The lowest BCUT2D eigenvalue weighted by Gasteiger charge is -2.19. The highest BCUT2D eigenvalue weighted by atomic mass is 16.1. The van der Waals surface area contributed by atoms with Crippen LogP contribution in [0.4, 0.5) is 0 Å². The van der Waals surface area contributed by atoms with Crippen LogP contribution in [0.2, 0.25) is 0 Å². The van der Waals surface area contributed by atoms with E-state index in [0.29, 0.717) is 5.92 Å². The molecule has 0 unspecified atom stereocenters. The third-order valence-corrected chi connectivity index (χ3v) is 3.44. The summed E-state index contributed by atoms with van der Waals surface area (Å²) in [5.41, 5.74) is 0.819. The molecule has 0 aromatic carbocycles. The quantitative estimate of drug-likeness (QED) is 0.795. The Morgan fingerprint density at radius 1 is 1.25 bits per heavy atom. The number of fused-ring (bicyclic) bond motifs is 1. The lowest BCUT2D eigenvalue weighted by atomic mass is 9.89. The van der Waals surface area contributed by atoms with E-state index in [1.807, 2.05) is 6.07 Å². The molecule has 0 radical (unpaired) electrons. The van der Waals surface area contributed by atoms with E-state index in [1.54, 1.807) is 16.5 Å². The van der Waals surface area contributed by atoms with Crippen molar-refractivity contribution in [2.75, 3.05) is 0 Å². The van der Waals surface area contributed by atoms with Gasteiger partial charge >= 0.3 is 0 Å².